The van der Waals surface area contributed by atoms with Gasteiger partial charge in [0.2, 0.25) is 11.8 Å². The molecule has 0 radical (unpaired) electrons. The van der Waals surface area contributed by atoms with Gasteiger partial charge in [0.25, 0.3) is 0 Å². The van der Waals surface area contributed by atoms with E-state index in [1.807, 2.05) is 4.90 Å². The van der Waals surface area contributed by atoms with Crippen molar-refractivity contribution in [2.45, 2.75) is 25.3 Å². The summed E-state index contributed by atoms with van der Waals surface area (Å²) in [4.78, 5) is 28.3. The van der Waals surface area contributed by atoms with Crippen molar-refractivity contribution in [2.75, 3.05) is 32.7 Å². The maximum atomic E-state index is 12.4. The highest BCUT2D eigenvalue weighted by Gasteiger charge is 2.34. The summed E-state index contributed by atoms with van der Waals surface area (Å²) in [6.45, 7) is 10.7. The molecule has 116 valence electrons. The molecule has 5 heteroatoms. The Morgan fingerprint density at radius 3 is 2.57 bits per heavy atom. The molecule has 0 aromatic carbocycles. The van der Waals surface area contributed by atoms with Crippen LogP contribution in [-0.2, 0) is 9.59 Å². The second kappa shape index (κ2) is 7.41. The normalized spacial score (nSPS) is 22.0. The first-order chi connectivity index (χ1) is 10.2. The summed E-state index contributed by atoms with van der Waals surface area (Å²) in [5.41, 5.74) is 0. The Morgan fingerprint density at radius 2 is 2.00 bits per heavy atom. The standard InChI is InChI=1S/C16H25N3O2/c1-3-8-18(9-4-2)15(20)11-14-16(21)19(10-7-17-14)12-13-5-6-13/h3-4,13-14,17H,1-2,5-12H2. The first-order valence-corrected chi connectivity index (χ1v) is 7.67. The molecule has 1 aliphatic heterocycles. The highest BCUT2D eigenvalue weighted by atomic mass is 16.2. The topological polar surface area (TPSA) is 52.7 Å². The fourth-order valence-electron chi connectivity index (χ4n) is 2.64. The minimum Gasteiger partial charge on any atom is -0.340 e. The van der Waals surface area contributed by atoms with Gasteiger partial charge in [-0.25, -0.2) is 0 Å². The Bertz CT molecular complexity index is 408. The molecule has 1 saturated heterocycles. The fourth-order valence-corrected chi connectivity index (χ4v) is 2.64. The van der Waals surface area contributed by atoms with Crippen LogP contribution in [0, 0.1) is 5.92 Å². The summed E-state index contributed by atoms with van der Waals surface area (Å²) in [5, 5.41) is 3.17. The average Bonchev–Trinajstić information content (AvgIpc) is 3.27. The van der Waals surface area contributed by atoms with E-state index >= 15 is 0 Å². The van der Waals surface area contributed by atoms with E-state index in [9.17, 15) is 9.59 Å². The highest BCUT2D eigenvalue weighted by Crippen LogP contribution is 2.30. The first-order valence-electron chi connectivity index (χ1n) is 7.67. The van der Waals surface area contributed by atoms with Crippen LogP contribution in [0.1, 0.15) is 19.3 Å². The molecule has 0 spiro atoms. The van der Waals surface area contributed by atoms with E-state index < -0.39 is 0 Å². The Labute approximate surface area is 126 Å². The minimum absolute atomic E-state index is 0.0334. The van der Waals surface area contributed by atoms with Gasteiger partial charge in [0.1, 0.15) is 0 Å². The lowest BCUT2D eigenvalue weighted by molar-refractivity contribution is -0.140. The van der Waals surface area contributed by atoms with Gasteiger partial charge in [-0.05, 0) is 18.8 Å². The Morgan fingerprint density at radius 1 is 1.33 bits per heavy atom. The predicted octanol–water partition coefficient (Wildman–Crippen LogP) is 0.788. The molecule has 1 saturated carbocycles. The van der Waals surface area contributed by atoms with E-state index in [0.29, 0.717) is 19.0 Å². The molecule has 2 aliphatic rings. The number of hydrogen-bond acceptors (Lipinski definition) is 3. The van der Waals surface area contributed by atoms with Crippen LogP contribution in [-0.4, -0.2) is 60.4 Å². The second-order valence-electron chi connectivity index (χ2n) is 5.81. The molecule has 2 fully saturated rings. The molecule has 21 heavy (non-hydrogen) atoms. The maximum Gasteiger partial charge on any atom is 0.240 e. The number of nitrogens with zero attached hydrogens (tertiary/aromatic N) is 2. The first kappa shape index (κ1) is 15.8. The predicted molar refractivity (Wildman–Crippen MR) is 82.7 cm³/mol. The van der Waals surface area contributed by atoms with Gasteiger partial charge in [-0.1, -0.05) is 12.2 Å². The van der Waals surface area contributed by atoms with Crippen LogP contribution >= 0.6 is 0 Å². The fraction of sp³-hybridized carbons (Fsp3) is 0.625. The summed E-state index contributed by atoms with van der Waals surface area (Å²) in [6, 6.07) is -0.387. The summed E-state index contributed by atoms with van der Waals surface area (Å²) < 4.78 is 0. The van der Waals surface area contributed by atoms with Crippen LogP contribution in [0.5, 0.6) is 0 Å². The van der Waals surface area contributed by atoms with Crippen molar-refractivity contribution in [3.05, 3.63) is 25.3 Å². The maximum absolute atomic E-state index is 12.4. The zero-order chi connectivity index (χ0) is 15.2. The van der Waals surface area contributed by atoms with Crippen LogP contribution in [0.25, 0.3) is 0 Å². The third kappa shape index (κ3) is 4.43. The lowest BCUT2D eigenvalue weighted by atomic mass is 10.1. The Hall–Kier alpha value is -1.62. The van der Waals surface area contributed by atoms with Crippen molar-refractivity contribution in [3.8, 4) is 0 Å². The van der Waals surface area contributed by atoms with Gasteiger partial charge in [-0.2, -0.15) is 0 Å². The molecule has 1 N–H and O–H groups in total. The molecule has 2 rings (SSSR count). The van der Waals surface area contributed by atoms with E-state index in [-0.39, 0.29) is 24.3 Å². The van der Waals surface area contributed by atoms with E-state index in [2.05, 4.69) is 18.5 Å². The van der Waals surface area contributed by atoms with Crippen LogP contribution in [0.4, 0.5) is 0 Å². The average molecular weight is 291 g/mol. The number of rotatable bonds is 8. The number of carbonyl (C=O) groups excluding carboxylic acids is 2. The van der Waals surface area contributed by atoms with E-state index in [1.165, 1.54) is 12.8 Å². The van der Waals surface area contributed by atoms with Crippen molar-refractivity contribution < 1.29 is 9.59 Å². The van der Waals surface area contributed by atoms with Crippen molar-refractivity contribution in [1.82, 2.24) is 15.1 Å². The number of amides is 2. The second-order valence-corrected chi connectivity index (χ2v) is 5.81. The Balaban J connectivity index is 1.89. The number of hydrogen-bond donors (Lipinski definition) is 1. The van der Waals surface area contributed by atoms with Crippen molar-refractivity contribution in [2.24, 2.45) is 5.92 Å². The largest absolute Gasteiger partial charge is 0.340 e. The molecule has 5 nitrogen and oxygen atoms in total. The van der Waals surface area contributed by atoms with E-state index in [1.54, 1.807) is 17.1 Å². The smallest absolute Gasteiger partial charge is 0.240 e. The van der Waals surface area contributed by atoms with Gasteiger partial charge in [0, 0.05) is 32.7 Å². The van der Waals surface area contributed by atoms with Crippen molar-refractivity contribution in [1.29, 1.82) is 0 Å². The summed E-state index contributed by atoms with van der Waals surface area (Å²) in [5.74, 6) is 0.717. The SMILES string of the molecule is C=CCN(CC=C)C(=O)CC1NCCN(CC2CC2)C1=O. The van der Waals surface area contributed by atoms with Crippen LogP contribution in [0.2, 0.25) is 0 Å². The lowest BCUT2D eigenvalue weighted by Crippen LogP contribution is -2.56. The highest BCUT2D eigenvalue weighted by molar-refractivity contribution is 5.89. The zero-order valence-corrected chi connectivity index (χ0v) is 12.6. The molecule has 1 unspecified atom stereocenters. The van der Waals surface area contributed by atoms with Gasteiger partial charge in [-0.3, -0.25) is 9.59 Å². The minimum atomic E-state index is -0.387. The molecule has 0 aromatic heterocycles. The molecule has 1 aliphatic carbocycles. The summed E-state index contributed by atoms with van der Waals surface area (Å²) >= 11 is 0. The quantitative estimate of drug-likeness (QED) is 0.673. The van der Waals surface area contributed by atoms with Gasteiger partial charge in [0.15, 0.2) is 0 Å². The monoisotopic (exact) mass is 291 g/mol. The van der Waals surface area contributed by atoms with Crippen molar-refractivity contribution >= 4 is 11.8 Å². The van der Waals surface area contributed by atoms with E-state index in [4.69, 9.17) is 0 Å². The van der Waals surface area contributed by atoms with E-state index in [0.717, 1.165) is 19.6 Å². The number of piperazine rings is 1. The van der Waals surface area contributed by atoms with Crippen LogP contribution in [0.3, 0.4) is 0 Å². The molecule has 1 atom stereocenters. The van der Waals surface area contributed by atoms with Crippen LogP contribution in [0.15, 0.2) is 25.3 Å². The number of nitrogens with one attached hydrogen (secondary N) is 1. The third-order valence-electron chi connectivity index (χ3n) is 3.99. The molecular formula is C16H25N3O2. The molecule has 0 aromatic rings. The summed E-state index contributed by atoms with van der Waals surface area (Å²) in [7, 11) is 0. The molecule has 0 bridgehead atoms. The summed E-state index contributed by atoms with van der Waals surface area (Å²) in [6.07, 6.45) is 6.05. The number of carbonyl (C=O) groups is 2. The van der Waals surface area contributed by atoms with Crippen molar-refractivity contribution in [3.63, 3.8) is 0 Å². The zero-order valence-electron chi connectivity index (χ0n) is 12.6. The van der Waals surface area contributed by atoms with Crippen LogP contribution < -0.4 is 5.32 Å². The van der Waals surface area contributed by atoms with Gasteiger partial charge in [-0.15, -0.1) is 13.2 Å². The lowest BCUT2D eigenvalue weighted by Gasteiger charge is -2.34. The van der Waals surface area contributed by atoms with Gasteiger partial charge in [0.05, 0.1) is 12.5 Å². The van der Waals surface area contributed by atoms with Gasteiger partial charge < -0.3 is 15.1 Å². The third-order valence-corrected chi connectivity index (χ3v) is 3.99. The van der Waals surface area contributed by atoms with Gasteiger partial charge >= 0.3 is 0 Å². The Kier molecular flexibility index (Phi) is 5.56. The molecular weight excluding hydrogens is 266 g/mol. The molecule has 2 amide bonds. The molecule has 1 heterocycles.